The topological polar surface area (TPSA) is 36.9 Å². The second kappa shape index (κ2) is 4.56. The Balaban J connectivity index is 2.10. The van der Waals surface area contributed by atoms with Gasteiger partial charge in [0.15, 0.2) is 0 Å². The van der Waals surface area contributed by atoms with Gasteiger partial charge in [-0.2, -0.15) is 5.26 Å². The second-order valence-corrected chi connectivity index (χ2v) is 2.44. The second-order valence-electron chi connectivity index (χ2n) is 2.44. The number of hydrogen-bond donors (Lipinski definition) is 0. The summed E-state index contributed by atoms with van der Waals surface area (Å²) in [5, 5.41) is 8.25. The zero-order valence-corrected chi connectivity index (χ0v) is 6.42. The van der Waals surface area contributed by atoms with E-state index >= 15 is 0 Å². The summed E-state index contributed by atoms with van der Waals surface area (Å²) >= 11 is 0. The fraction of sp³-hybridized carbons (Fsp3) is 0.444. The summed E-state index contributed by atoms with van der Waals surface area (Å²) in [6.07, 6.45) is 5.30. The van der Waals surface area contributed by atoms with Crippen molar-refractivity contribution >= 4 is 0 Å². The number of aryl methyl sites for hydroxylation is 1. The SMILES string of the molecule is N#CCCCCc1ccco1. The average Bonchev–Trinajstić information content (AvgIpc) is 2.50. The molecule has 11 heavy (non-hydrogen) atoms. The molecular weight excluding hydrogens is 138 g/mol. The highest BCUT2D eigenvalue weighted by atomic mass is 16.3. The highest BCUT2D eigenvalue weighted by molar-refractivity contribution is 4.97. The van der Waals surface area contributed by atoms with Crippen LogP contribution >= 0.6 is 0 Å². The van der Waals surface area contributed by atoms with Crippen molar-refractivity contribution in [1.82, 2.24) is 0 Å². The lowest BCUT2D eigenvalue weighted by atomic mass is 10.2. The number of nitriles is 1. The normalized spacial score (nSPS) is 9.36. The van der Waals surface area contributed by atoms with Crippen molar-refractivity contribution in [3.63, 3.8) is 0 Å². The lowest BCUT2D eigenvalue weighted by Gasteiger charge is -1.92. The van der Waals surface area contributed by atoms with Gasteiger partial charge in [-0.05, 0) is 25.0 Å². The maximum Gasteiger partial charge on any atom is 0.103 e. The zero-order valence-electron chi connectivity index (χ0n) is 6.42. The van der Waals surface area contributed by atoms with Crippen LogP contribution in [0, 0.1) is 11.3 Å². The molecule has 0 amide bonds. The molecule has 0 aliphatic rings. The van der Waals surface area contributed by atoms with Crippen molar-refractivity contribution in [3.05, 3.63) is 24.2 Å². The third-order valence-electron chi connectivity index (χ3n) is 1.54. The van der Waals surface area contributed by atoms with Crippen LogP contribution in [0.2, 0.25) is 0 Å². The van der Waals surface area contributed by atoms with Crippen LogP contribution in [-0.2, 0) is 6.42 Å². The summed E-state index contributed by atoms with van der Waals surface area (Å²) in [7, 11) is 0. The Morgan fingerprint density at radius 1 is 1.45 bits per heavy atom. The lowest BCUT2D eigenvalue weighted by Crippen LogP contribution is -1.80. The molecule has 0 saturated heterocycles. The van der Waals surface area contributed by atoms with Crippen LogP contribution in [0.5, 0.6) is 0 Å². The first-order chi connectivity index (χ1) is 5.43. The fourth-order valence-electron chi connectivity index (χ4n) is 0.958. The third-order valence-corrected chi connectivity index (χ3v) is 1.54. The molecule has 0 fully saturated rings. The van der Waals surface area contributed by atoms with Crippen LogP contribution in [0.4, 0.5) is 0 Å². The molecule has 2 heteroatoms. The van der Waals surface area contributed by atoms with Crippen LogP contribution in [-0.4, -0.2) is 0 Å². The minimum atomic E-state index is 0.653. The maximum atomic E-state index is 8.25. The Hall–Kier alpha value is -1.23. The van der Waals surface area contributed by atoms with Crippen molar-refractivity contribution in [3.8, 4) is 6.07 Å². The molecule has 0 unspecified atom stereocenters. The number of rotatable bonds is 4. The van der Waals surface area contributed by atoms with Crippen LogP contribution < -0.4 is 0 Å². The van der Waals surface area contributed by atoms with Gasteiger partial charge in [0.1, 0.15) is 5.76 Å². The maximum absolute atomic E-state index is 8.25. The van der Waals surface area contributed by atoms with E-state index in [4.69, 9.17) is 9.68 Å². The molecule has 58 valence electrons. The number of hydrogen-bond acceptors (Lipinski definition) is 2. The first kappa shape index (κ1) is 7.87. The molecule has 0 radical (unpaired) electrons. The van der Waals surface area contributed by atoms with E-state index in [1.807, 2.05) is 12.1 Å². The van der Waals surface area contributed by atoms with Gasteiger partial charge in [0, 0.05) is 12.8 Å². The molecule has 1 heterocycles. The molecular formula is C9H11NO. The van der Waals surface area contributed by atoms with Crippen molar-refractivity contribution in [2.24, 2.45) is 0 Å². The third kappa shape index (κ3) is 2.90. The van der Waals surface area contributed by atoms with E-state index in [-0.39, 0.29) is 0 Å². The Kier molecular flexibility index (Phi) is 3.27. The van der Waals surface area contributed by atoms with Crippen LogP contribution in [0.1, 0.15) is 25.0 Å². The monoisotopic (exact) mass is 149 g/mol. The van der Waals surface area contributed by atoms with Crippen LogP contribution in [0.25, 0.3) is 0 Å². The molecule has 0 saturated carbocycles. The zero-order chi connectivity index (χ0) is 7.94. The summed E-state index contributed by atoms with van der Waals surface area (Å²) < 4.78 is 5.13. The molecule has 1 rings (SSSR count). The first-order valence-corrected chi connectivity index (χ1v) is 3.83. The van der Waals surface area contributed by atoms with E-state index in [0.717, 1.165) is 25.0 Å². The Labute approximate surface area is 66.4 Å². The van der Waals surface area contributed by atoms with Gasteiger partial charge >= 0.3 is 0 Å². The molecule has 1 aromatic rings. The van der Waals surface area contributed by atoms with Gasteiger partial charge in [-0.3, -0.25) is 0 Å². The highest BCUT2D eigenvalue weighted by Gasteiger charge is 1.93. The summed E-state index contributed by atoms with van der Waals surface area (Å²) in [6, 6.07) is 5.97. The predicted molar refractivity (Wildman–Crippen MR) is 41.9 cm³/mol. The molecule has 0 aliphatic heterocycles. The van der Waals surface area contributed by atoms with Gasteiger partial charge in [-0.1, -0.05) is 0 Å². The van der Waals surface area contributed by atoms with Crippen molar-refractivity contribution in [2.75, 3.05) is 0 Å². The van der Waals surface area contributed by atoms with E-state index < -0.39 is 0 Å². The predicted octanol–water partition coefficient (Wildman–Crippen LogP) is 2.52. The molecule has 0 N–H and O–H groups in total. The van der Waals surface area contributed by atoms with Gasteiger partial charge in [0.25, 0.3) is 0 Å². The Morgan fingerprint density at radius 2 is 2.36 bits per heavy atom. The quantitative estimate of drug-likeness (QED) is 0.617. The molecule has 0 spiro atoms. The number of unbranched alkanes of at least 4 members (excludes halogenated alkanes) is 2. The van der Waals surface area contributed by atoms with E-state index in [1.165, 1.54) is 0 Å². The molecule has 1 aromatic heterocycles. The standard InChI is InChI=1S/C9H11NO/c10-7-3-1-2-5-9-6-4-8-11-9/h4,6,8H,1-3,5H2. The molecule has 0 aliphatic carbocycles. The number of nitrogens with zero attached hydrogens (tertiary/aromatic N) is 1. The van der Waals surface area contributed by atoms with Crippen molar-refractivity contribution < 1.29 is 4.42 Å². The van der Waals surface area contributed by atoms with E-state index in [0.29, 0.717) is 6.42 Å². The molecule has 0 aromatic carbocycles. The minimum absolute atomic E-state index is 0.653. The Bertz CT molecular complexity index is 220. The summed E-state index contributed by atoms with van der Waals surface area (Å²) in [5.74, 6) is 1.02. The van der Waals surface area contributed by atoms with E-state index in [1.54, 1.807) is 6.26 Å². The average molecular weight is 149 g/mol. The molecule has 0 bridgehead atoms. The van der Waals surface area contributed by atoms with Gasteiger partial charge in [0.05, 0.1) is 12.3 Å². The molecule has 0 atom stereocenters. The fourth-order valence-corrected chi connectivity index (χ4v) is 0.958. The summed E-state index contributed by atoms with van der Waals surface area (Å²) in [6.45, 7) is 0. The van der Waals surface area contributed by atoms with Gasteiger partial charge in [-0.15, -0.1) is 0 Å². The van der Waals surface area contributed by atoms with Gasteiger partial charge in [0.2, 0.25) is 0 Å². The van der Waals surface area contributed by atoms with Gasteiger partial charge in [-0.25, -0.2) is 0 Å². The smallest absolute Gasteiger partial charge is 0.103 e. The number of furan rings is 1. The largest absolute Gasteiger partial charge is 0.469 e. The molecule has 2 nitrogen and oxygen atoms in total. The van der Waals surface area contributed by atoms with Crippen molar-refractivity contribution in [1.29, 1.82) is 5.26 Å². The van der Waals surface area contributed by atoms with Crippen molar-refractivity contribution in [2.45, 2.75) is 25.7 Å². The first-order valence-electron chi connectivity index (χ1n) is 3.83. The van der Waals surface area contributed by atoms with Gasteiger partial charge < -0.3 is 4.42 Å². The van der Waals surface area contributed by atoms with E-state index in [9.17, 15) is 0 Å². The highest BCUT2D eigenvalue weighted by Crippen LogP contribution is 2.06. The summed E-state index contributed by atoms with van der Waals surface area (Å²) in [4.78, 5) is 0. The minimum Gasteiger partial charge on any atom is -0.469 e. The lowest BCUT2D eigenvalue weighted by molar-refractivity contribution is 0.498. The summed E-state index contributed by atoms with van der Waals surface area (Å²) in [5.41, 5.74) is 0. The Morgan fingerprint density at radius 3 is 3.00 bits per heavy atom. The van der Waals surface area contributed by atoms with Crippen LogP contribution in [0.15, 0.2) is 22.8 Å². The van der Waals surface area contributed by atoms with E-state index in [2.05, 4.69) is 6.07 Å². The van der Waals surface area contributed by atoms with Crippen LogP contribution in [0.3, 0.4) is 0 Å².